The van der Waals surface area contributed by atoms with Crippen LogP contribution >= 0.6 is 0 Å². The lowest BCUT2D eigenvalue weighted by molar-refractivity contribution is 0.0303. The van der Waals surface area contributed by atoms with Crippen LogP contribution in [-0.2, 0) is 18.4 Å². The van der Waals surface area contributed by atoms with E-state index in [1.54, 1.807) is 16.2 Å². The molecule has 0 spiro atoms. The Morgan fingerprint density at radius 2 is 2.10 bits per heavy atom. The van der Waals surface area contributed by atoms with Crippen molar-refractivity contribution in [3.05, 3.63) is 35.5 Å². The fraction of sp³-hybridized carbons (Fsp3) is 0.350. The summed E-state index contributed by atoms with van der Waals surface area (Å²) in [7, 11) is 3.64. The molecule has 4 heterocycles. The van der Waals surface area contributed by atoms with Crippen LogP contribution in [0.3, 0.4) is 0 Å². The average Bonchev–Trinajstić information content (AvgIpc) is 3.34. The molecule has 2 atom stereocenters. The van der Waals surface area contributed by atoms with Crippen LogP contribution in [0, 0.1) is 0 Å². The number of hydrogen-bond donors (Lipinski definition) is 3. The number of hydrogen-bond acceptors (Lipinski definition) is 8. The summed E-state index contributed by atoms with van der Waals surface area (Å²) in [5, 5.41) is 22.2. The van der Waals surface area contributed by atoms with Gasteiger partial charge in [0.05, 0.1) is 30.6 Å². The maximum absolute atomic E-state index is 12.9. The highest BCUT2D eigenvalue weighted by Crippen LogP contribution is 2.29. The SMILES string of the molecule is CNc1cc2nc3c(cnn13)C(=O)N[C@H](C)[C@H](C)OCc1cc(c3c(c1)nnn3C)N2. The van der Waals surface area contributed by atoms with Crippen molar-refractivity contribution in [2.24, 2.45) is 7.05 Å². The number of anilines is 3. The molecule has 4 aromatic rings. The second-order valence-electron chi connectivity index (χ2n) is 7.70. The summed E-state index contributed by atoms with van der Waals surface area (Å²) < 4.78 is 9.36. The summed E-state index contributed by atoms with van der Waals surface area (Å²) >= 11 is 0. The average molecular weight is 421 g/mol. The van der Waals surface area contributed by atoms with E-state index in [0.717, 1.165) is 22.3 Å². The van der Waals surface area contributed by atoms with Gasteiger partial charge in [0.15, 0.2) is 5.65 Å². The van der Waals surface area contributed by atoms with Gasteiger partial charge in [-0.3, -0.25) is 4.79 Å². The van der Waals surface area contributed by atoms with Gasteiger partial charge in [-0.1, -0.05) is 5.21 Å². The van der Waals surface area contributed by atoms with E-state index in [9.17, 15) is 4.79 Å². The van der Waals surface area contributed by atoms with Crippen LogP contribution in [0.2, 0.25) is 0 Å². The fourth-order valence-corrected chi connectivity index (χ4v) is 3.71. The molecular weight excluding hydrogens is 398 g/mol. The minimum Gasteiger partial charge on any atom is -0.373 e. The first kappa shape index (κ1) is 19.2. The van der Waals surface area contributed by atoms with Crippen molar-refractivity contribution in [3.63, 3.8) is 0 Å². The van der Waals surface area contributed by atoms with E-state index in [-0.39, 0.29) is 18.1 Å². The van der Waals surface area contributed by atoms with Gasteiger partial charge in [-0.2, -0.15) is 9.61 Å². The number of carbonyl (C=O) groups is 1. The number of fused-ring (bicyclic) bond motifs is 5. The quantitative estimate of drug-likeness (QED) is 0.425. The Balaban J connectivity index is 1.74. The minimum atomic E-state index is -0.251. The van der Waals surface area contributed by atoms with Gasteiger partial charge in [0.2, 0.25) is 0 Å². The Morgan fingerprint density at radius 1 is 1.26 bits per heavy atom. The molecule has 31 heavy (non-hydrogen) atoms. The predicted octanol–water partition coefficient (Wildman–Crippen LogP) is 1.83. The Labute approximate surface area is 177 Å². The molecule has 0 aliphatic carbocycles. The number of carbonyl (C=O) groups excluding carboxylic acids is 1. The second-order valence-corrected chi connectivity index (χ2v) is 7.70. The standard InChI is InChI=1S/C20H23N9O2/c1-10-11(2)31-9-12-5-14(18-15(6-12)26-27-28(18)4)24-16-7-17(21-3)29-19(25-16)13(8-22-29)20(30)23-10/h5-8,10-11,21H,9H2,1-4H3,(H,23,30)(H,24,25)/t10-,11+/m1/s1. The van der Waals surface area contributed by atoms with Crippen LogP contribution in [0.1, 0.15) is 29.8 Å². The third-order valence-corrected chi connectivity index (χ3v) is 5.57. The summed E-state index contributed by atoms with van der Waals surface area (Å²) in [6.45, 7) is 4.22. The molecule has 3 N–H and O–H groups in total. The fourth-order valence-electron chi connectivity index (χ4n) is 3.71. The topological polar surface area (TPSA) is 123 Å². The van der Waals surface area contributed by atoms with E-state index in [4.69, 9.17) is 4.74 Å². The lowest BCUT2D eigenvalue weighted by Crippen LogP contribution is -2.41. The molecule has 160 valence electrons. The Bertz CT molecular complexity index is 1310. The summed E-state index contributed by atoms with van der Waals surface area (Å²) in [5.41, 5.74) is 4.17. The highest BCUT2D eigenvalue weighted by molar-refractivity contribution is 6.00. The third kappa shape index (κ3) is 3.22. The lowest BCUT2D eigenvalue weighted by atomic mass is 10.1. The highest BCUT2D eigenvalue weighted by Gasteiger charge is 2.22. The summed E-state index contributed by atoms with van der Waals surface area (Å²) in [5.74, 6) is 1.00. The molecule has 11 heteroatoms. The van der Waals surface area contributed by atoms with Crippen molar-refractivity contribution >= 4 is 39.9 Å². The first-order valence-corrected chi connectivity index (χ1v) is 10.0. The molecule has 1 aliphatic heterocycles. The molecular formula is C20H23N9O2. The molecule has 0 radical (unpaired) electrons. The van der Waals surface area contributed by atoms with E-state index < -0.39 is 0 Å². The molecule has 1 aromatic carbocycles. The zero-order valence-corrected chi connectivity index (χ0v) is 17.7. The largest absolute Gasteiger partial charge is 0.373 e. The Hall–Kier alpha value is -3.73. The van der Waals surface area contributed by atoms with Gasteiger partial charge in [-0.25, -0.2) is 9.67 Å². The summed E-state index contributed by atoms with van der Waals surface area (Å²) in [6.07, 6.45) is 1.31. The summed E-state index contributed by atoms with van der Waals surface area (Å²) in [4.78, 5) is 17.6. The van der Waals surface area contributed by atoms with Gasteiger partial charge >= 0.3 is 0 Å². The van der Waals surface area contributed by atoms with Crippen molar-refractivity contribution in [3.8, 4) is 0 Å². The maximum Gasteiger partial charge on any atom is 0.257 e. The van der Waals surface area contributed by atoms with Gasteiger partial charge in [-0.15, -0.1) is 5.10 Å². The molecule has 11 nitrogen and oxygen atoms in total. The number of amides is 1. The van der Waals surface area contributed by atoms with Gasteiger partial charge in [-0.05, 0) is 31.5 Å². The first-order chi connectivity index (χ1) is 14.9. The zero-order valence-electron chi connectivity index (χ0n) is 17.7. The van der Waals surface area contributed by atoms with Gasteiger partial charge in [0.1, 0.15) is 28.2 Å². The Kier molecular flexibility index (Phi) is 4.47. The van der Waals surface area contributed by atoms with E-state index in [0.29, 0.717) is 29.5 Å². The molecule has 3 aromatic heterocycles. The van der Waals surface area contributed by atoms with Crippen LogP contribution in [0.15, 0.2) is 24.4 Å². The van der Waals surface area contributed by atoms with Crippen molar-refractivity contribution in [2.45, 2.75) is 32.6 Å². The molecule has 5 rings (SSSR count). The van der Waals surface area contributed by atoms with Crippen molar-refractivity contribution < 1.29 is 9.53 Å². The van der Waals surface area contributed by atoms with Gasteiger partial charge in [0.25, 0.3) is 5.91 Å². The number of nitrogens with one attached hydrogen (secondary N) is 3. The van der Waals surface area contributed by atoms with Crippen LogP contribution in [0.4, 0.5) is 17.3 Å². The molecule has 0 fully saturated rings. The number of benzene rings is 1. The van der Waals surface area contributed by atoms with Crippen LogP contribution in [-0.4, -0.2) is 54.7 Å². The number of rotatable bonds is 1. The number of ether oxygens (including phenoxy) is 1. The molecule has 4 bridgehead atoms. The summed E-state index contributed by atoms with van der Waals surface area (Å²) in [6, 6.07) is 5.59. The van der Waals surface area contributed by atoms with Gasteiger partial charge < -0.3 is 20.7 Å². The molecule has 1 amide bonds. The predicted molar refractivity (Wildman–Crippen MR) is 116 cm³/mol. The van der Waals surface area contributed by atoms with Crippen molar-refractivity contribution in [1.82, 2.24) is 34.9 Å². The molecule has 1 aliphatic rings. The number of aryl methyl sites for hydroxylation is 1. The van der Waals surface area contributed by atoms with E-state index in [1.165, 1.54) is 6.20 Å². The van der Waals surface area contributed by atoms with Crippen molar-refractivity contribution in [1.29, 1.82) is 0 Å². The minimum absolute atomic E-state index is 0.209. The van der Waals surface area contributed by atoms with Crippen molar-refractivity contribution in [2.75, 3.05) is 17.7 Å². The smallest absolute Gasteiger partial charge is 0.257 e. The highest BCUT2D eigenvalue weighted by atomic mass is 16.5. The van der Waals surface area contributed by atoms with E-state index in [1.807, 2.05) is 39.1 Å². The lowest BCUT2D eigenvalue weighted by Gasteiger charge is -2.22. The monoisotopic (exact) mass is 421 g/mol. The number of nitrogens with zero attached hydrogens (tertiary/aromatic N) is 6. The van der Waals surface area contributed by atoms with E-state index in [2.05, 4.69) is 36.3 Å². The molecule has 0 saturated heterocycles. The van der Waals surface area contributed by atoms with Crippen LogP contribution < -0.4 is 16.0 Å². The van der Waals surface area contributed by atoms with Crippen LogP contribution in [0.25, 0.3) is 16.7 Å². The third-order valence-electron chi connectivity index (χ3n) is 5.57. The van der Waals surface area contributed by atoms with Crippen LogP contribution in [0.5, 0.6) is 0 Å². The van der Waals surface area contributed by atoms with Gasteiger partial charge in [0, 0.05) is 20.2 Å². The first-order valence-electron chi connectivity index (χ1n) is 10.0. The Morgan fingerprint density at radius 3 is 2.90 bits per heavy atom. The maximum atomic E-state index is 12.9. The number of aromatic nitrogens is 6. The van der Waals surface area contributed by atoms with E-state index >= 15 is 0 Å². The molecule has 0 saturated carbocycles. The second kappa shape index (κ2) is 7.20. The normalized spacial score (nSPS) is 19.3. The zero-order chi connectivity index (χ0) is 21.7. The molecule has 0 unspecified atom stereocenters.